The molecule has 0 radical (unpaired) electrons. The first-order valence-electron chi connectivity index (χ1n) is 10.7. The Morgan fingerprint density at radius 1 is 0.355 bits per heavy atom. The molecule has 0 N–H and O–H groups in total. The number of aryl methyl sites for hydroxylation is 3. The van der Waals surface area contributed by atoms with Gasteiger partial charge in [0.15, 0.2) is 0 Å². The molecular weight excluding hydrogens is 372 g/mol. The first-order chi connectivity index (χ1) is 15.1. The molecule has 5 aromatic carbocycles. The molecule has 5 aromatic rings. The highest BCUT2D eigenvalue weighted by Crippen LogP contribution is 2.18. The molecular formula is C31H30. The predicted molar refractivity (Wildman–Crippen MR) is 136 cm³/mol. The van der Waals surface area contributed by atoms with Crippen LogP contribution in [0.3, 0.4) is 0 Å². The second kappa shape index (κ2) is 11.5. The van der Waals surface area contributed by atoms with Crippen LogP contribution in [0.15, 0.2) is 127 Å². The zero-order valence-corrected chi connectivity index (χ0v) is 18.6. The van der Waals surface area contributed by atoms with Crippen molar-refractivity contribution in [3.05, 3.63) is 144 Å². The summed E-state index contributed by atoms with van der Waals surface area (Å²) in [6.07, 6.45) is 0. The second-order valence-corrected chi connectivity index (χ2v) is 7.68. The van der Waals surface area contributed by atoms with Crippen molar-refractivity contribution in [2.24, 2.45) is 0 Å². The van der Waals surface area contributed by atoms with Crippen LogP contribution in [0, 0.1) is 20.8 Å². The van der Waals surface area contributed by atoms with Crippen molar-refractivity contribution in [2.75, 3.05) is 0 Å². The van der Waals surface area contributed by atoms with Gasteiger partial charge in [-0.1, -0.05) is 139 Å². The van der Waals surface area contributed by atoms with E-state index in [1.165, 1.54) is 38.6 Å². The fourth-order valence-electron chi connectivity index (χ4n) is 3.30. The van der Waals surface area contributed by atoms with Crippen molar-refractivity contribution in [1.29, 1.82) is 0 Å². The van der Waals surface area contributed by atoms with E-state index in [4.69, 9.17) is 0 Å². The third-order valence-corrected chi connectivity index (χ3v) is 5.11. The lowest BCUT2D eigenvalue weighted by Crippen LogP contribution is -1.76. The van der Waals surface area contributed by atoms with Gasteiger partial charge < -0.3 is 0 Å². The Morgan fingerprint density at radius 2 is 0.839 bits per heavy atom. The maximum absolute atomic E-state index is 2.16. The molecule has 0 unspecified atom stereocenters. The zero-order chi connectivity index (χ0) is 21.9. The van der Waals surface area contributed by atoms with Gasteiger partial charge in [0.1, 0.15) is 0 Å². The summed E-state index contributed by atoms with van der Waals surface area (Å²) in [7, 11) is 0. The van der Waals surface area contributed by atoms with Crippen LogP contribution in [-0.4, -0.2) is 0 Å². The first-order valence-corrected chi connectivity index (χ1v) is 10.7. The van der Waals surface area contributed by atoms with Gasteiger partial charge in [-0.3, -0.25) is 0 Å². The van der Waals surface area contributed by atoms with Crippen LogP contribution in [0.5, 0.6) is 0 Å². The number of hydrogen-bond donors (Lipinski definition) is 0. The number of benzene rings is 5. The molecule has 0 aliphatic carbocycles. The predicted octanol–water partition coefficient (Wildman–Crippen LogP) is 8.81. The minimum absolute atomic E-state index is 1.28. The van der Waals surface area contributed by atoms with E-state index in [1.807, 2.05) is 24.3 Å². The number of fused-ring (bicyclic) bond motifs is 1. The van der Waals surface area contributed by atoms with Crippen molar-refractivity contribution < 1.29 is 0 Å². The topological polar surface area (TPSA) is 0 Å². The second-order valence-electron chi connectivity index (χ2n) is 7.68. The van der Waals surface area contributed by atoms with E-state index in [0.29, 0.717) is 0 Å². The van der Waals surface area contributed by atoms with Gasteiger partial charge >= 0.3 is 0 Å². The Bertz CT molecular complexity index is 1170. The van der Waals surface area contributed by atoms with Crippen LogP contribution >= 0.6 is 0 Å². The maximum Gasteiger partial charge on any atom is -0.0155 e. The standard InChI is InChI=1S/C13H12.C11H10.C7H8/c1-11-7-9-13(10-8-11)12-5-3-2-4-6-12;1-9-5-4-7-10-6-2-3-8-11(9)10;1-7-5-3-2-4-6-7/h2-10H,1H3;2-8H,1H3;2-6H,1H3. The van der Waals surface area contributed by atoms with Crippen molar-refractivity contribution in [3.8, 4) is 11.1 Å². The van der Waals surface area contributed by atoms with E-state index in [9.17, 15) is 0 Å². The normalized spacial score (nSPS) is 9.77. The minimum Gasteiger partial charge on any atom is -0.0622 e. The van der Waals surface area contributed by atoms with Gasteiger partial charge in [0, 0.05) is 0 Å². The van der Waals surface area contributed by atoms with Crippen molar-refractivity contribution in [3.63, 3.8) is 0 Å². The van der Waals surface area contributed by atoms with Crippen LogP contribution in [0.4, 0.5) is 0 Å². The van der Waals surface area contributed by atoms with E-state index in [2.05, 4.69) is 124 Å². The maximum atomic E-state index is 2.16. The molecule has 0 heteroatoms. The lowest BCUT2D eigenvalue weighted by molar-refractivity contribution is 1.47. The molecule has 0 fully saturated rings. The lowest BCUT2D eigenvalue weighted by atomic mass is 10.0. The summed E-state index contributed by atoms with van der Waals surface area (Å²) in [6.45, 7) is 6.33. The number of hydrogen-bond acceptors (Lipinski definition) is 0. The summed E-state index contributed by atoms with van der Waals surface area (Å²) in [4.78, 5) is 0. The summed E-state index contributed by atoms with van der Waals surface area (Å²) >= 11 is 0. The fraction of sp³-hybridized carbons (Fsp3) is 0.0968. The van der Waals surface area contributed by atoms with Crippen molar-refractivity contribution >= 4 is 10.8 Å². The third-order valence-electron chi connectivity index (χ3n) is 5.11. The highest BCUT2D eigenvalue weighted by molar-refractivity contribution is 5.85. The Labute approximate surface area is 186 Å². The first kappa shape index (κ1) is 22.1. The molecule has 0 nitrogen and oxygen atoms in total. The van der Waals surface area contributed by atoms with Gasteiger partial charge in [0.05, 0.1) is 0 Å². The average Bonchev–Trinajstić information content (AvgIpc) is 2.82. The summed E-state index contributed by atoms with van der Waals surface area (Å²) in [5.41, 5.74) is 6.54. The molecule has 5 rings (SSSR count). The average molecular weight is 403 g/mol. The molecule has 0 saturated heterocycles. The minimum atomic E-state index is 1.28. The third kappa shape index (κ3) is 6.97. The molecule has 0 aromatic heterocycles. The Kier molecular flexibility index (Phi) is 8.20. The van der Waals surface area contributed by atoms with Crippen LogP contribution in [0.1, 0.15) is 16.7 Å². The largest absolute Gasteiger partial charge is 0.0622 e. The Balaban J connectivity index is 0.000000138. The molecule has 0 aliphatic rings. The van der Waals surface area contributed by atoms with Gasteiger partial charge in [-0.15, -0.1) is 0 Å². The smallest absolute Gasteiger partial charge is 0.0155 e. The fourth-order valence-corrected chi connectivity index (χ4v) is 3.30. The van der Waals surface area contributed by atoms with Crippen molar-refractivity contribution in [2.45, 2.75) is 20.8 Å². The van der Waals surface area contributed by atoms with E-state index < -0.39 is 0 Å². The summed E-state index contributed by atoms with van der Waals surface area (Å²) in [6, 6.07) is 44.1. The highest BCUT2D eigenvalue weighted by Gasteiger charge is 1.94. The van der Waals surface area contributed by atoms with Crippen molar-refractivity contribution in [1.82, 2.24) is 0 Å². The van der Waals surface area contributed by atoms with E-state index in [1.54, 1.807) is 0 Å². The van der Waals surface area contributed by atoms with Crippen LogP contribution in [0.2, 0.25) is 0 Å². The molecule has 0 heterocycles. The molecule has 154 valence electrons. The lowest BCUT2D eigenvalue weighted by Gasteiger charge is -2.00. The van der Waals surface area contributed by atoms with E-state index in [-0.39, 0.29) is 0 Å². The van der Waals surface area contributed by atoms with Gasteiger partial charge in [0.2, 0.25) is 0 Å². The zero-order valence-electron chi connectivity index (χ0n) is 18.6. The van der Waals surface area contributed by atoms with Crippen LogP contribution < -0.4 is 0 Å². The molecule has 0 bridgehead atoms. The SMILES string of the molecule is Cc1ccc(-c2ccccc2)cc1.Cc1cccc2ccccc12.Cc1ccccc1. The molecule has 0 spiro atoms. The van der Waals surface area contributed by atoms with Gasteiger partial charge in [-0.05, 0) is 48.2 Å². The monoisotopic (exact) mass is 402 g/mol. The van der Waals surface area contributed by atoms with E-state index >= 15 is 0 Å². The molecule has 0 saturated carbocycles. The van der Waals surface area contributed by atoms with Gasteiger partial charge in [-0.25, -0.2) is 0 Å². The summed E-state index contributed by atoms with van der Waals surface area (Å²) in [5, 5.41) is 2.68. The number of rotatable bonds is 1. The summed E-state index contributed by atoms with van der Waals surface area (Å²) in [5.74, 6) is 0. The highest BCUT2D eigenvalue weighted by atomic mass is 14.0. The van der Waals surface area contributed by atoms with Gasteiger partial charge in [-0.2, -0.15) is 0 Å². The molecule has 0 atom stereocenters. The molecule has 0 amide bonds. The van der Waals surface area contributed by atoms with E-state index in [0.717, 1.165) is 0 Å². The molecule has 31 heavy (non-hydrogen) atoms. The van der Waals surface area contributed by atoms with Crippen LogP contribution in [0.25, 0.3) is 21.9 Å². The summed E-state index contributed by atoms with van der Waals surface area (Å²) < 4.78 is 0. The molecule has 0 aliphatic heterocycles. The van der Waals surface area contributed by atoms with Gasteiger partial charge in [0.25, 0.3) is 0 Å². The Morgan fingerprint density at radius 3 is 1.42 bits per heavy atom. The quantitative estimate of drug-likeness (QED) is 0.263. The van der Waals surface area contributed by atoms with Crippen LogP contribution in [-0.2, 0) is 0 Å². The Hall–Kier alpha value is -3.64.